The second-order valence-corrected chi connectivity index (χ2v) is 7.98. The predicted molar refractivity (Wildman–Crippen MR) is 103 cm³/mol. The molecule has 0 bridgehead atoms. The molecular weight excluding hydrogens is 362 g/mol. The van der Waals surface area contributed by atoms with Gasteiger partial charge in [0, 0.05) is 18.2 Å². The first-order chi connectivity index (χ1) is 13.5. The topological polar surface area (TPSA) is 98.6 Å². The van der Waals surface area contributed by atoms with Gasteiger partial charge in [0.1, 0.15) is 6.54 Å². The number of nitro benzene ring substituents is 1. The molecule has 4 rings (SSSR count). The Morgan fingerprint density at radius 1 is 1.21 bits per heavy atom. The summed E-state index contributed by atoms with van der Waals surface area (Å²) in [4.78, 5) is 37.8. The van der Waals surface area contributed by atoms with Crippen LogP contribution in [0, 0.1) is 16.0 Å². The summed E-state index contributed by atoms with van der Waals surface area (Å²) in [5, 5.41) is 10.9. The van der Waals surface area contributed by atoms with Crippen molar-refractivity contribution in [2.24, 2.45) is 5.92 Å². The number of aromatic nitrogens is 1. The van der Waals surface area contributed by atoms with E-state index in [0.29, 0.717) is 5.52 Å². The molecule has 1 amide bonds. The van der Waals surface area contributed by atoms with Crippen molar-refractivity contribution >= 4 is 22.7 Å². The fourth-order valence-electron chi connectivity index (χ4n) is 4.42. The summed E-state index contributed by atoms with van der Waals surface area (Å²) in [6.45, 7) is 2.13. The molecule has 0 saturated heterocycles. The molecule has 1 aromatic carbocycles. The van der Waals surface area contributed by atoms with Crippen molar-refractivity contribution in [1.82, 2.24) is 9.47 Å². The number of nitrogens with zero attached hydrogens (tertiary/aromatic N) is 3. The molecule has 8 nitrogen and oxygen atoms in total. The van der Waals surface area contributed by atoms with Crippen LogP contribution in [0.1, 0.15) is 51.9 Å². The van der Waals surface area contributed by atoms with Gasteiger partial charge in [-0.25, -0.2) is 4.79 Å². The van der Waals surface area contributed by atoms with Crippen molar-refractivity contribution in [1.29, 1.82) is 0 Å². The molecule has 0 aliphatic heterocycles. The van der Waals surface area contributed by atoms with E-state index >= 15 is 0 Å². The molecule has 2 aromatic rings. The first-order valence-electron chi connectivity index (χ1n) is 10.1. The van der Waals surface area contributed by atoms with Crippen molar-refractivity contribution in [3.05, 3.63) is 38.9 Å². The highest BCUT2D eigenvalue weighted by atomic mass is 16.6. The van der Waals surface area contributed by atoms with Crippen LogP contribution >= 0.6 is 0 Å². The summed E-state index contributed by atoms with van der Waals surface area (Å²) in [6, 6.07) is 4.55. The minimum atomic E-state index is -0.658. The molecule has 0 atom stereocenters. The van der Waals surface area contributed by atoms with E-state index in [1.807, 2.05) is 4.90 Å². The molecule has 28 heavy (non-hydrogen) atoms. The Balaban J connectivity index is 1.56. The third-order valence-corrected chi connectivity index (χ3v) is 6.17. The number of amides is 1. The van der Waals surface area contributed by atoms with Gasteiger partial charge in [-0.15, -0.1) is 0 Å². The summed E-state index contributed by atoms with van der Waals surface area (Å²) >= 11 is 0. The van der Waals surface area contributed by atoms with E-state index < -0.39 is 10.7 Å². The Kier molecular flexibility index (Phi) is 4.95. The Labute approximate surface area is 162 Å². The smallest absolute Gasteiger partial charge is 0.407 e. The van der Waals surface area contributed by atoms with Crippen LogP contribution < -0.4 is 5.76 Å². The number of nitro groups is 1. The summed E-state index contributed by atoms with van der Waals surface area (Å²) in [5.41, 5.74) is 0.398. The first kappa shape index (κ1) is 18.7. The number of benzene rings is 1. The highest BCUT2D eigenvalue weighted by molar-refractivity contribution is 5.81. The molecule has 1 aromatic heterocycles. The summed E-state index contributed by atoms with van der Waals surface area (Å²) in [5.74, 6) is 0.0310. The molecule has 2 aliphatic carbocycles. The van der Waals surface area contributed by atoms with Gasteiger partial charge in [0.15, 0.2) is 5.58 Å². The average Bonchev–Trinajstić information content (AvgIpc) is 3.47. The lowest BCUT2D eigenvalue weighted by Gasteiger charge is -2.37. The molecule has 0 unspecified atom stereocenters. The van der Waals surface area contributed by atoms with Crippen molar-refractivity contribution in [2.45, 2.75) is 70.5 Å². The summed E-state index contributed by atoms with van der Waals surface area (Å²) in [7, 11) is 0. The molecule has 150 valence electrons. The number of non-ortho nitro benzene ring substituents is 1. The Hall–Kier alpha value is -2.64. The fourth-order valence-corrected chi connectivity index (χ4v) is 4.42. The van der Waals surface area contributed by atoms with Gasteiger partial charge in [-0.05, 0) is 50.5 Å². The van der Waals surface area contributed by atoms with Crippen molar-refractivity contribution < 1.29 is 14.1 Å². The minimum absolute atomic E-state index is 0.0643. The predicted octanol–water partition coefficient (Wildman–Crippen LogP) is 3.46. The van der Waals surface area contributed by atoms with Crippen LogP contribution in [0.5, 0.6) is 0 Å². The lowest BCUT2D eigenvalue weighted by Crippen LogP contribution is -2.46. The van der Waals surface area contributed by atoms with Gasteiger partial charge in [-0.2, -0.15) is 0 Å². The third-order valence-electron chi connectivity index (χ3n) is 6.17. The maximum atomic E-state index is 13.1. The number of rotatable bonds is 6. The van der Waals surface area contributed by atoms with Crippen molar-refractivity contribution in [3.8, 4) is 0 Å². The van der Waals surface area contributed by atoms with Crippen LogP contribution in [0.2, 0.25) is 0 Å². The number of hydrogen-bond donors (Lipinski definition) is 0. The van der Waals surface area contributed by atoms with Gasteiger partial charge >= 0.3 is 5.76 Å². The molecule has 0 spiro atoms. The van der Waals surface area contributed by atoms with Crippen molar-refractivity contribution in [2.75, 3.05) is 0 Å². The van der Waals surface area contributed by atoms with E-state index in [-0.39, 0.29) is 35.8 Å². The van der Waals surface area contributed by atoms with E-state index in [4.69, 9.17) is 4.42 Å². The van der Waals surface area contributed by atoms with Crippen LogP contribution in [0.25, 0.3) is 11.1 Å². The number of oxazole rings is 1. The van der Waals surface area contributed by atoms with E-state index in [9.17, 15) is 19.7 Å². The zero-order chi connectivity index (χ0) is 19.8. The summed E-state index contributed by atoms with van der Waals surface area (Å²) in [6.07, 6.45) is 7.57. The Morgan fingerprint density at radius 2 is 1.86 bits per heavy atom. The number of fused-ring (bicyclic) bond motifs is 1. The quantitative estimate of drug-likeness (QED) is 0.558. The van der Waals surface area contributed by atoms with E-state index in [0.717, 1.165) is 44.4 Å². The first-order valence-corrected chi connectivity index (χ1v) is 10.1. The zero-order valence-electron chi connectivity index (χ0n) is 16.0. The van der Waals surface area contributed by atoms with Crippen LogP contribution in [0.4, 0.5) is 5.69 Å². The number of hydrogen-bond acceptors (Lipinski definition) is 5. The van der Waals surface area contributed by atoms with E-state index in [1.54, 1.807) is 0 Å². The number of carbonyl (C=O) groups excluding carboxylic acids is 1. The second-order valence-electron chi connectivity index (χ2n) is 7.98. The zero-order valence-corrected chi connectivity index (χ0v) is 16.0. The Morgan fingerprint density at radius 3 is 2.43 bits per heavy atom. The third kappa shape index (κ3) is 3.55. The van der Waals surface area contributed by atoms with Crippen molar-refractivity contribution in [3.63, 3.8) is 0 Å². The van der Waals surface area contributed by atoms with E-state index in [2.05, 4.69) is 6.92 Å². The summed E-state index contributed by atoms with van der Waals surface area (Å²) < 4.78 is 6.44. The van der Waals surface area contributed by atoms with Gasteiger partial charge in [0.2, 0.25) is 5.91 Å². The maximum absolute atomic E-state index is 13.1. The molecular formula is C20H25N3O5. The van der Waals surface area contributed by atoms with Gasteiger partial charge < -0.3 is 9.32 Å². The lowest BCUT2D eigenvalue weighted by molar-refractivity contribution is -0.384. The molecule has 0 radical (unpaired) electrons. The minimum Gasteiger partial charge on any atom is -0.407 e. The molecule has 0 N–H and O–H groups in total. The SMILES string of the molecule is CCC1CCC(N(C(=O)Cn2c(=O)oc3cc([N+](=O)[O-])ccc32)C2CC2)CC1. The molecule has 1 heterocycles. The van der Waals surface area contributed by atoms with Crippen LogP contribution in [-0.2, 0) is 11.3 Å². The normalized spacial score (nSPS) is 22.3. The Bertz CT molecular complexity index is 950. The van der Waals surface area contributed by atoms with Crippen LogP contribution in [0.3, 0.4) is 0 Å². The highest BCUT2D eigenvalue weighted by Gasteiger charge is 2.38. The van der Waals surface area contributed by atoms with Gasteiger partial charge in [0.25, 0.3) is 5.69 Å². The standard InChI is InChI=1S/C20H25N3O5/c1-2-13-3-5-14(6-4-13)22(15-7-8-15)19(24)12-21-17-10-9-16(23(26)27)11-18(17)28-20(21)25/h9-11,13-15H,2-8,12H2,1H3. The lowest BCUT2D eigenvalue weighted by atomic mass is 9.84. The van der Waals surface area contributed by atoms with E-state index in [1.165, 1.54) is 29.2 Å². The van der Waals surface area contributed by atoms with Gasteiger partial charge in [-0.3, -0.25) is 19.5 Å². The van der Waals surface area contributed by atoms with Crippen LogP contribution in [-0.4, -0.2) is 32.4 Å². The maximum Gasteiger partial charge on any atom is 0.420 e. The molecule has 8 heteroatoms. The number of carbonyl (C=O) groups is 1. The molecule has 2 aliphatic rings. The van der Waals surface area contributed by atoms with Gasteiger partial charge in [0.05, 0.1) is 16.5 Å². The monoisotopic (exact) mass is 387 g/mol. The molecule has 2 saturated carbocycles. The van der Waals surface area contributed by atoms with Gasteiger partial charge in [-0.1, -0.05) is 13.3 Å². The highest BCUT2D eigenvalue weighted by Crippen LogP contribution is 2.36. The second kappa shape index (κ2) is 7.41. The molecule has 2 fully saturated rings. The fraction of sp³-hybridized carbons (Fsp3) is 0.600. The van der Waals surface area contributed by atoms with Crippen LogP contribution in [0.15, 0.2) is 27.4 Å². The average molecular weight is 387 g/mol. The largest absolute Gasteiger partial charge is 0.420 e.